The molecule has 11 rings (SSSR count). The molecule has 0 saturated heterocycles. The van der Waals surface area contributed by atoms with Crippen molar-refractivity contribution in [2.24, 2.45) is 0 Å². The van der Waals surface area contributed by atoms with Gasteiger partial charge in [-0.3, -0.25) is 0 Å². The summed E-state index contributed by atoms with van der Waals surface area (Å²) in [6.45, 7) is 15.0. The first kappa shape index (κ1) is 37.0. The van der Waals surface area contributed by atoms with E-state index in [1.807, 2.05) is 0 Å². The van der Waals surface area contributed by atoms with Crippen molar-refractivity contribution in [2.45, 2.75) is 57.5 Å². The molecule has 0 aliphatic heterocycles. The third kappa shape index (κ3) is 5.63. The van der Waals surface area contributed by atoms with Gasteiger partial charge in [0.05, 0.1) is 0 Å². The van der Waals surface area contributed by atoms with Crippen molar-refractivity contribution in [3.63, 3.8) is 0 Å². The Balaban J connectivity index is 1.18. The van der Waals surface area contributed by atoms with Crippen LogP contribution < -0.4 is 10.4 Å². The van der Waals surface area contributed by atoms with Crippen LogP contribution >= 0.6 is 0 Å². The summed E-state index contributed by atoms with van der Waals surface area (Å²) in [6, 6.07) is 66.6. The van der Waals surface area contributed by atoms with E-state index in [1.54, 1.807) is 0 Å². The molecule has 10 aromatic rings. The van der Waals surface area contributed by atoms with Crippen molar-refractivity contribution in [3.05, 3.63) is 181 Å². The van der Waals surface area contributed by atoms with Gasteiger partial charge in [-0.05, 0) is 100 Å². The fraction of sp³-hybridized carbons (Fsp3) is 0.158. The highest BCUT2D eigenvalue weighted by molar-refractivity contribution is 7.03. The lowest BCUT2D eigenvalue weighted by Gasteiger charge is -2.32. The van der Waals surface area contributed by atoms with Crippen LogP contribution in [0.4, 0.5) is 0 Å². The highest BCUT2D eigenvalue weighted by Gasteiger charge is 2.39. The zero-order valence-corrected chi connectivity index (χ0v) is 37.5. The van der Waals surface area contributed by atoms with Gasteiger partial charge in [0.2, 0.25) is 0 Å². The molecule has 1 atom stereocenters. The van der Waals surface area contributed by atoms with Crippen LogP contribution in [0.5, 0.6) is 0 Å². The Kier molecular flexibility index (Phi) is 8.33. The highest BCUT2D eigenvalue weighted by atomic mass is 28.3. The molecule has 9 aromatic carbocycles. The first-order chi connectivity index (χ1) is 29.0. The van der Waals surface area contributed by atoms with Crippen molar-refractivity contribution in [1.29, 1.82) is 0 Å². The molecule has 0 saturated carbocycles. The number of rotatable bonds is 7. The van der Waals surface area contributed by atoms with E-state index in [9.17, 15) is 0 Å². The molecule has 0 fully saturated rings. The third-order valence-corrected chi connectivity index (χ3v) is 20.6. The van der Waals surface area contributed by atoms with Gasteiger partial charge in [-0.2, -0.15) is 0 Å². The van der Waals surface area contributed by atoms with Crippen molar-refractivity contribution >= 4 is 80.8 Å². The van der Waals surface area contributed by atoms with E-state index in [2.05, 4.69) is 210 Å². The second kappa shape index (κ2) is 13.5. The van der Waals surface area contributed by atoms with Crippen LogP contribution in [-0.2, 0) is 5.41 Å². The molecule has 0 amide bonds. The molecule has 60 heavy (non-hydrogen) atoms. The number of para-hydroxylation sites is 1. The highest BCUT2D eigenvalue weighted by Crippen LogP contribution is 2.53. The van der Waals surface area contributed by atoms with Gasteiger partial charge in [-0.25, -0.2) is 0 Å². The number of fused-ring (bicyclic) bond motifs is 10. The number of benzene rings is 9. The van der Waals surface area contributed by atoms with Crippen molar-refractivity contribution < 1.29 is 4.42 Å². The topological polar surface area (TPSA) is 13.1 Å². The molecule has 1 aliphatic carbocycles. The largest absolute Gasteiger partial charge is 0.456 e. The van der Waals surface area contributed by atoms with Crippen LogP contribution in [-0.4, -0.2) is 16.1 Å². The normalized spacial score (nSPS) is 14.6. The summed E-state index contributed by atoms with van der Waals surface area (Å²) in [5.41, 5.74) is 12.6. The summed E-state index contributed by atoms with van der Waals surface area (Å²) in [7, 11) is -3.69. The first-order valence-corrected chi connectivity index (χ1v) is 28.1. The fourth-order valence-corrected chi connectivity index (χ4v) is 18.7. The van der Waals surface area contributed by atoms with Crippen LogP contribution in [0.2, 0.25) is 38.3 Å². The number of hydrogen-bond donors (Lipinski definition) is 0. The molecular formula is C57H50OSi2. The summed E-state index contributed by atoms with van der Waals surface area (Å²) in [5, 5.41) is 13.1. The third-order valence-electron chi connectivity index (χ3n) is 13.9. The van der Waals surface area contributed by atoms with E-state index < -0.39 is 16.1 Å². The zero-order valence-electron chi connectivity index (χ0n) is 35.5. The summed E-state index contributed by atoms with van der Waals surface area (Å²) in [5.74, 6) is 0. The average Bonchev–Trinajstić information content (AvgIpc) is 3.75. The molecule has 1 aromatic heterocycles. The standard InChI is InChI=1S/C57H50OSi2/c1-57(2)50-35-38(29-30-42(50)48-31-28-37-18-10-11-21-41(37)55(48)57)53-44-23-12-14-25-46(44)54(47-26-15-13-24-45(47)53)39-34-49-43-22-16-17-27-51(43)58-56(49)52(36-39)60(6,33-32-59(3,4)5)40-19-8-7-9-20-40/h7-31,34-36H,32-33H2,1-6H3. The Bertz CT molecular complexity index is 3290. The Labute approximate surface area is 355 Å². The van der Waals surface area contributed by atoms with Crippen LogP contribution in [0.1, 0.15) is 25.0 Å². The van der Waals surface area contributed by atoms with Gasteiger partial charge in [0.25, 0.3) is 0 Å². The summed E-state index contributed by atoms with van der Waals surface area (Å²) >= 11 is 0. The smallest absolute Gasteiger partial charge is 0.135 e. The minimum absolute atomic E-state index is 0.142. The predicted octanol–water partition coefficient (Wildman–Crippen LogP) is 15.2. The maximum atomic E-state index is 6.97. The van der Waals surface area contributed by atoms with Gasteiger partial charge in [-0.1, -0.05) is 209 Å². The Morgan fingerprint density at radius 3 is 1.70 bits per heavy atom. The van der Waals surface area contributed by atoms with E-state index in [4.69, 9.17) is 4.42 Å². The lowest BCUT2D eigenvalue weighted by Crippen LogP contribution is -2.56. The molecule has 1 unspecified atom stereocenters. The van der Waals surface area contributed by atoms with Gasteiger partial charge < -0.3 is 4.42 Å². The van der Waals surface area contributed by atoms with Crippen molar-refractivity contribution in [2.75, 3.05) is 0 Å². The van der Waals surface area contributed by atoms with Crippen LogP contribution in [0.3, 0.4) is 0 Å². The van der Waals surface area contributed by atoms with Crippen LogP contribution in [0, 0.1) is 0 Å². The molecule has 1 aliphatic rings. The Morgan fingerprint density at radius 1 is 0.467 bits per heavy atom. The van der Waals surface area contributed by atoms with E-state index in [0.717, 1.165) is 11.2 Å². The second-order valence-electron chi connectivity index (χ2n) is 19.2. The Hall–Kier alpha value is -6.01. The number of furan rings is 1. The molecule has 0 bridgehead atoms. The van der Waals surface area contributed by atoms with Crippen LogP contribution in [0.25, 0.3) is 87.6 Å². The lowest BCUT2D eigenvalue weighted by atomic mass is 9.79. The predicted molar refractivity (Wildman–Crippen MR) is 265 cm³/mol. The van der Waals surface area contributed by atoms with Gasteiger partial charge in [-0.15, -0.1) is 0 Å². The van der Waals surface area contributed by atoms with Crippen molar-refractivity contribution in [3.8, 4) is 33.4 Å². The molecule has 3 heteroatoms. The molecule has 0 N–H and O–H groups in total. The summed E-state index contributed by atoms with van der Waals surface area (Å²) < 4.78 is 6.97. The van der Waals surface area contributed by atoms with Crippen LogP contribution in [0.15, 0.2) is 174 Å². The Morgan fingerprint density at radius 2 is 1.03 bits per heavy atom. The molecule has 1 nitrogen and oxygen atoms in total. The van der Waals surface area contributed by atoms with Gasteiger partial charge in [0, 0.05) is 24.3 Å². The molecule has 292 valence electrons. The molecular weight excluding hydrogens is 757 g/mol. The summed E-state index contributed by atoms with van der Waals surface area (Å²) in [4.78, 5) is 0. The van der Waals surface area contributed by atoms with Crippen molar-refractivity contribution in [1.82, 2.24) is 0 Å². The van der Waals surface area contributed by atoms with E-state index in [-0.39, 0.29) is 5.41 Å². The fourth-order valence-electron chi connectivity index (χ4n) is 10.8. The minimum Gasteiger partial charge on any atom is -0.456 e. The quantitative estimate of drug-likeness (QED) is 0.115. The zero-order chi connectivity index (χ0) is 41.0. The SMILES string of the molecule is CC1(C)c2cc(-c3c4ccccc4c(-c4cc([Si](C)(CC[Si](C)(C)C)c5ccccc5)c5oc6ccccc6c5c4)c4ccccc34)ccc2-c2ccc3ccccc3c21. The minimum atomic E-state index is -2.33. The average molecular weight is 807 g/mol. The second-order valence-corrected chi connectivity index (χ2v) is 29.1. The molecule has 0 radical (unpaired) electrons. The first-order valence-electron chi connectivity index (χ1n) is 21.6. The van der Waals surface area contributed by atoms with E-state index in [1.165, 1.54) is 110 Å². The lowest BCUT2D eigenvalue weighted by molar-refractivity contribution is 0.666. The van der Waals surface area contributed by atoms with E-state index in [0.29, 0.717) is 0 Å². The van der Waals surface area contributed by atoms with Gasteiger partial charge in [0.1, 0.15) is 19.2 Å². The van der Waals surface area contributed by atoms with E-state index >= 15 is 0 Å². The number of hydrogen-bond acceptors (Lipinski definition) is 1. The maximum Gasteiger partial charge on any atom is 0.135 e. The van der Waals surface area contributed by atoms with Gasteiger partial charge in [0.15, 0.2) is 0 Å². The molecule has 1 heterocycles. The molecule has 0 spiro atoms. The maximum absolute atomic E-state index is 6.97. The van der Waals surface area contributed by atoms with Gasteiger partial charge >= 0.3 is 0 Å². The summed E-state index contributed by atoms with van der Waals surface area (Å²) in [6.07, 6.45) is 0. The monoisotopic (exact) mass is 806 g/mol.